The third kappa shape index (κ3) is 2.70. The van der Waals surface area contributed by atoms with Gasteiger partial charge in [0.2, 0.25) is 0 Å². The average Bonchev–Trinajstić information content (AvgIpc) is 2.52. The largest absolute Gasteiger partial charge is 0.369 e. The first-order valence-electron chi connectivity index (χ1n) is 6.06. The fourth-order valence-electron chi connectivity index (χ4n) is 2.23. The molecule has 1 aliphatic heterocycles. The second-order valence-electron chi connectivity index (χ2n) is 4.80. The molecule has 1 unspecified atom stereocenters. The Bertz CT molecular complexity index is 458. The van der Waals surface area contributed by atoms with Gasteiger partial charge in [0.25, 0.3) is 5.56 Å². The van der Waals surface area contributed by atoms with Crippen LogP contribution in [0.2, 0.25) is 0 Å². The molecule has 1 atom stereocenters. The molecule has 1 aromatic rings. The molecule has 0 radical (unpaired) electrons. The maximum atomic E-state index is 11.8. The van der Waals surface area contributed by atoms with Crippen LogP contribution < -0.4 is 10.5 Å². The number of nitrogens with zero attached hydrogens (tertiary/aromatic N) is 3. The number of aryl methyl sites for hydroxylation is 1. The van der Waals surface area contributed by atoms with Crippen molar-refractivity contribution in [1.82, 2.24) is 9.78 Å². The fraction of sp³-hybridized carbons (Fsp3) is 0.667. The highest BCUT2D eigenvalue weighted by Gasteiger charge is 2.18. The second kappa shape index (κ2) is 5.21. The molecule has 0 amide bonds. The molecule has 0 bridgehead atoms. The van der Waals surface area contributed by atoms with E-state index in [9.17, 15) is 4.79 Å². The Morgan fingerprint density at radius 2 is 2.18 bits per heavy atom. The normalized spacial score (nSPS) is 21.4. The van der Waals surface area contributed by atoms with Gasteiger partial charge in [0.05, 0.1) is 11.9 Å². The number of hydrogen-bond donors (Lipinski definition) is 0. The zero-order chi connectivity index (χ0) is 12.4. The van der Waals surface area contributed by atoms with Gasteiger partial charge in [-0.2, -0.15) is 5.10 Å². The summed E-state index contributed by atoms with van der Waals surface area (Å²) in [4.78, 5) is 14.1. The lowest BCUT2D eigenvalue weighted by Crippen LogP contribution is -2.29. The van der Waals surface area contributed by atoms with E-state index in [1.807, 2.05) is 0 Å². The van der Waals surface area contributed by atoms with Gasteiger partial charge in [-0.05, 0) is 41.1 Å². The Kier molecular flexibility index (Phi) is 3.86. The zero-order valence-electron chi connectivity index (χ0n) is 10.3. The van der Waals surface area contributed by atoms with Gasteiger partial charge in [-0.15, -0.1) is 0 Å². The Balaban J connectivity index is 2.28. The fourth-order valence-corrected chi connectivity index (χ4v) is 2.84. The van der Waals surface area contributed by atoms with E-state index in [4.69, 9.17) is 0 Å². The molecular formula is C12H18BrN3O. The zero-order valence-corrected chi connectivity index (χ0v) is 11.9. The number of anilines is 1. The molecule has 2 rings (SSSR count). The smallest absolute Gasteiger partial charge is 0.282 e. The summed E-state index contributed by atoms with van der Waals surface area (Å²) in [5.41, 5.74) is 0.863. The summed E-state index contributed by atoms with van der Waals surface area (Å²) < 4.78 is 1.98. The number of rotatable bonds is 1. The quantitative estimate of drug-likeness (QED) is 0.798. The van der Waals surface area contributed by atoms with Crippen LogP contribution in [0.4, 0.5) is 5.69 Å². The molecular weight excluding hydrogens is 282 g/mol. The van der Waals surface area contributed by atoms with E-state index in [-0.39, 0.29) is 5.56 Å². The molecule has 0 aliphatic carbocycles. The van der Waals surface area contributed by atoms with Crippen LogP contribution in [0.1, 0.15) is 26.2 Å². The van der Waals surface area contributed by atoms with Crippen molar-refractivity contribution in [3.63, 3.8) is 0 Å². The van der Waals surface area contributed by atoms with Crippen LogP contribution in [-0.2, 0) is 7.05 Å². The van der Waals surface area contributed by atoms with Crippen molar-refractivity contribution in [2.45, 2.75) is 26.2 Å². The van der Waals surface area contributed by atoms with E-state index in [2.05, 4.69) is 32.9 Å². The Labute approximate surface area is 110 Å². The van der Waals surface area contributed by atoms with Crippen LogP contribution in [0.5, 0.6) is 0 Å². The van der Waals surface area contributed by atoms with E-state index < -0.39 is 0 Å². The molecule has 1 saturated heterocycles. The molecule has 1 fully saturated rings. The van der Waals surface area contributed by atoms with E-state index in [0.717, 1.165) is 24.7 Å². The summed E-state index contributed by atoms with van der Waals surface area (Å²) in [6.45, 7) is 4.31. The van der Waals surface area contributed by atoms with E-state index in [1.165, 1.54) is 23.9 Å². The lowest BCUT2D eigenvalue weighted by molar-refractivity contribution is 0.521. The van der Waals surface area contributed by atoms with Crippen LogP contribution in [0.25, 0.3) is 0 Å². The second-order valence-corrected chi connectivity index (χ2v) is 5.59. The molecule has 2 heterocycles. The molecule has 0 aromatic carbocycles. The van der Waals surface area contributed by atoms with Crippen molar-refractivity contribution >= 4 is 21.6 Å². The molecule has 0 N–H and O–H groups in total. The lowest BCUT2D eigenvalue weighted by atomic mass is 10.0. The van der Waals surface area contributed by atoms with Crippen molar-refractivity contribution in [2.75, 3.05) is 18.0 Å². The Morgan fingerprint density at radius 3 is 2.94 bits per heavy atom. The first kappa shape index (κ1) is 12.6. The predicted octanol–water partition coefficient (Wildman–Crippen LogP) is 2.17. The lowest BCUT2D eigenvalue weighted by Gasteiger charge is -2.23. The molecule has 1 aliphatic rings. The highest BCUT2D eigenvalue weighted by molar-refractivity contribution is 9.10. The summed E-state index contributed by atoms with van der Waals surface area (Å²) in [5.74, 6) is 0.776. The average molecular weight is 300 g/mol. The van der Waals surface area contributed by atoms with Gasteiger partial charge in [0, 0.05) is 20.1 Å². The monoisotopic (exact) mass is 299 g/mol. The highest BCUT2D eigenvalue weighted by atomic mass is 79.9. The van der Waals surface area contributed by atoms with Gasteiger partial charge in [-0.3, -0.25) is 4.79 Å². The van der Waals surface area contributed by atoms with Crippen molar-refractivity contribution in [3.05, 3.63) is 21.0 Å². The third-order valence-corrected chi connectivity index (χ3v) is 4.16. The summed E-state index contributed by atoms with van der Waals surface area (Å²) >= 11 is 3.39. The third-order valence-electron chi connectivity index (χ3n) is 3.42. The van der Waals surface area contributed by atoms with Crippen molar-refractivity contribution in [2.24, 2.45) is 13.0 Å². The van der Waals surface area contributed by atoms with Gasteiger partial charge in [0.15, 0.2) is 0 Å². The van der Waals surface area contributed by atoms with Crippen LogP contribution in [0, 0.1) is 5.92 Å². The van der Waals surface area contributed by atoms with Crippen molar-refractivity contribution in [3.8, 4) is 0 Å². The van der Waals surface area contributed by atoms with Crippen LogP contribution in [0.3, 0.4) is 0 Å². The number of halogens is 1. The SMILES string of the molecule is CC1CCCN(c2cnn(C)c(=O)c2Br)CC1. The first-order valence-corrected chi connectivity index (χ1v) is 6.85. The minimum absolute atomic E-state index is 0.0696. The van der Waals surface area contributed by atoms with Gasteiger partial charge < -0.3 is 4.90 Å². The highest BCUT2D eigenvalue weighted by Crippen LogP contribution is 2.25. The van der Waals surface area contributed by atoms with Crippen molar-refractivity contribution in [1.29, 1.82) is 0 Å². The maximum Gasteiger partial charge on any atom is 0.282 e. The minimum Gasteiger partial charge on any atom is -0.369 e. The van der Waals surface area contributed by atoms with Gasteiger partial charge in [-0.1, -0.05) is 6.92 Å². The first-order chi connectivity index (χ1) is 8.09. The summed E-state index contributed by atoms with van der Waals surface area (Å²) in [6, 6.07) is 0. The van der Waals surface area contributed by atoms with Crippen LogP contribution in [0.15, 0.2) is 15.5 Å². The van der Waals surface area contributed by atoms with E-state index in [1.54, 1.807) is 13.2 Å². The number of aromatic nitrogens is 2. The van der Waals surface area contributed by atoms with Crippen molar-refractivity contribution < 1.29 is 0 Å². The summed E-state index contributed by atoms with van der Waals surface area (Å²) in [7, 11) is 1.67. The molecule has 1 aromatic heterocycles. The molecule has 94 valence electrons. The minimum atomic E-state index is -0.0696. The molecule has 5 heteroatoms. The topological polar surface area (TPSA) is 38.1 Å². The number of hydrogen-bond acceptors (Lipinski definition) is 3. The molecule has 4 nitrogen and oxygen atoms in total. The predicted molar refractivity (Wildman–Crippen MR) is 72.4 cm³/mol. The standard InChI is InChI=1S/C12H18BrN3O/c1-9-4-3-6-16(7-5-9)10-8-14-15(2)12(17)11(10)13/h8-9H,3-7H2,1-2H3. The van der Waals surface area contributed by atoms with Gasteiger partial charge in [-0.25, -0.2) is 4.68 Å². The van der Waals surface area contributed by atoms with Gasteiger partial charge in [0.1, 0.15) is 4.47 Å². The van der Waals surface area contributed by atoms with Crippen LogP contribution >= 0.6 is 15.9 Å². The molecule has 17 heavy (non-hydrogen) atoms. The Morgan fingerprint density at radius 1 is 1.41 bits per heavy atom. The van der Waals surface area contributed by atoms with E-state index >= 15 is 0 Å². The van der Waals surface area contributed by atoms with Crippen LogP contribution in [-0.4, -0.2) is 22.9 Å². The Hall–Kier alpha value is -0.840. The summed E-state index contributed by atoms with van der Waals surface area (Å²) in [5, 5.41) is 4.10. The van der Waals surface area contributed by atoms with E-state index in [0.29, 0.717) is 4.47 Å². The molecule has 0 saturated carbocycles. The van der Waals surface area contributed by atoms with Gasteiger partial charge >= 0.3 is 0 Å². The maximum absolute atomic E-state index is 11.8. The summed E-state index contributed by atoms with van der Waals surface area (Å²) in [6.07, 6.45) is 5.42. The molecule has 0 spiro atoms.